The summed E-state index contributed by atoms with van der Waals surface area (Å²) >= 11 is 3.76. The van der Waals surface area contributed by atoms with E-state index in [1.807, 2.05) is 47.8 Å². The van der Waals surface area contributed by atoms with Gasteiger partial charge in [0.25, 0.3) is 0 Å². The van der Waals surface area contributed by atoms with Crippen molar-refractivity contribution in [2.24, 2.45) is 10.8 Å². The number of ether oxygens (including phenoxy) is 4. The normalized spacial score (nSPS) is 24.3. The molecule has 4 aromatic rings. The molecule has 2 N–H and O–H groups in total. The quantitative estimate of drug-likeness (QED) is 0.0805. The zero-order valence-corrected chi connectivity index (χ0v) is 36.8. The van der Waals surface area contributed by atoms with Crippen LogP contribution in [0.4, 0.5) is 0 Å². The van der Waals surface area contributed by atoms with Crippen LogP contribution in [-0.2, 0) is 9.47 Å². The molecule has 2 aliphatic rings. The number of aliphatic hydroxyl groups is 2. The predicted molar refractivity (Wildman–Crippen MR) is 240 cm³/mol. The topological polar surface area (TPSA) is 77.4 Å². The molecule has 58 heavy (non-hydrogen) atoms. The Kier molecular flexibility index (Phi) is 16.9. The van der Waals surface area contributed by atoms with Gasteiger partial charge in [0.2, 0.25) is 0 Å². The number of rotatable bonds is 21. The first-order valence-corrected chi connectivity index (χ1v) is 23.8. The maximum Gasteiger partial charge on any atom is 0.119 e. The molecular weight excluding hydrogens is 761 g/mol. The molecule has 0 bridgehead atoms. The van der Waals surface area contributed by atoms with Gasteiger partial charge in [-0.2, -0.15) is 0 Å². The zero-order chi connectivity index (χ0) is 40.8. The Balaban J connectivity index is 0.974. The molecule has 0 aromatic heterocycles. The number of aliphatic hydroxyl groups excluding tert-OH is 2. The monoisotopic (exact) mass is 826 g/mol. The lowest BCUT2D eigenvalue weighted by atomic mass is 9.69. The minimum absolute atomic E-state index is 0.116. The molecule has 0 spiro atoms. The molecule has 6 rings (SSSR count). The van der Waals surface area contributed by atoms with Crippen LogP contribution in [0.15, 0.2) is 107 Å². The molecule has 2 heterocycles. The van der Waals surface area contributed by atoms with Crippen molar-refractivity contribution in [2.45, 2.75) is 113 Å². The van der Waals surface area contributed by atoms with Crippen LogP contribution in [0.3, 0.4) is 0 Å². The summed E-state index contributed by atoms with van der Waals surface area (Å²) in [5.41, 5.74) is 4.29. The Bertz CT molecular complexity index is 1690. The van der Waals surface area contributed by atoms with E-state index in [1.54, 1.807) is 0 Å². The van der Waals surface area contributed by atoms with Gasteiger partial charge in [0.05, 0.1) is 38.6 Å². The fourth-order valence-corrected chi connectivity index (χ4v) is 11.9. The molecule has 0 amide bonds. The highest BCUT2D eigenvalue weighted by Crippen LogP contribution is 2.53. The van der Waals surface area contributed by atoms with Gasteiger partial charge in [0.15, 0.2) is 0 Å². The third-order valence-electron chi connectivity index (χ3n) is 12.7. The molecule has 6 atom stereocenters. The van der Waals surface area contributed by atoms with Gasteiger partial charge in [0.1, 0.15) is 24.7 Å². The van der Waals surface area contributed by atoms with Crippen molar-refractivity contribution in [3.63, 3.8) is 0 Å². The van der Waals surface area contributed by atoms with E-state index in [9.17, 15) is 10.2 Å². The van der Waals surface area contributed by atoms with Crippen LogP contribution in [0.2, 0.25) is 0 Å². The number of hydrogen-bond acceptors (Lipinski definition) is 8. The molecule has 0 aliphatic carbocycles. The molecule has 0 unspecified atom stereocenters. The summed E-state index contributed by atoms with van der Waals surface area (Å²) in [6, 6.07) is 33.7. The Morgan fingerprint density at radius 3 is 1.31 bits per heavy atom. The van der Waals surface area contributed by atoms with Gasteiger partial charge in [-0.05, 0) is 84.3 Å². The van der Waals surface area contributed by atoms with E-state index in [-0.39, 0.29) is 22.7 Å². The molecule has 314 valence electrons. The molecule has 0 saturated carbocycles. The van der Waals surface area contributed by atoms with Gasteiger partial charge >= 0.3 is 0 Å². The van der Waals surface area contributed by atoms with Crippen LogP contribution >= 0.6 is 23.5 Å². The van der Waals surface area contributed by atoms with Crippen LogP contribution in [0.5, 0.6) is 11.5 Å². The lowest BCUT2D eigenvalue weighted by Gasteiger charge is -2.39. The maximum absolute atomic E-state index is 12.1. The molecule has 0 saturated heterocycles. The van der Waals surface area contributed by atoms with E-state index < -0.39 is 12.2 Å². The number of hydrogen-bond donors (Lipinski definition) is 2. The second kappa shape index (κ2) is 22.0. The lowest BCUT2D eigenvalue weighted by Crippen LogP contribution is -2.40. The molecule has 6 nitrogen and oxygen atoms in total. The van der Waals surface area contributed by atoms with Crippen LogP contribution in [0, 0.1) is 10.8 Å². The van der Waals surface area contributed by atoms with Gasteiger partial charge in [-0.1, -0.05) is 114 Å². The fourth-order valence-electron chi connectivity index (χ4n) is 8.92. The lowest BCUT2D eigenvalue weighted by molar-refractivity contribution is 0.0179. The second-order valence-corrected chi connectivity index (χ2v) is 18.2. The summed E-state index contributed by atoms with van der Waals surface area (Å²) in [4.78, 5) is 2.45. The Hall–Kier alpha value is -2.98. The standard InChI is InChI=1S/C50H66O6S2/c1-5-9-25-49(7-3)35-57-43-23-21-39(33-41(43)45(47(49)51)37-17-13-11-14-18-37)55-31-29-53-27-28-54-30-32-56-40-22-24-44-42(34-40)46(38-19-15-12-16-20-38)48(52)50(8-4,36-58-44)26-10-6-2/h11-24,33-34,45-48,51-52H,5-10,25-32,35-36H2,1-4H3/t45-,46+,47-,48+,49+,50-. The molecule has 8 heteroatoms. The summed E-state index contributed by atoms with van der Waals surface area (Å²) in [5.74, 6) is 3.18. The second-order valence-electron chi connectivity index (χ2n) is 16.2. The smallest absolute Gasteiger partial charge is 0.119 e. The summed E-state index contributed by atoms with van der Waals surface area (Å²) < 4.78 is 24.1. The summed E-state index contributed by atoms with van der Waals surface area (Å²) in [6.07, 6.45) is 7.47. The first-order chi connectivity index (χ1) is 28.4. The Morgan fingerprint density at radius 2 is 0.931 bits per heavy atom. The number of thioether (sulfide) groups is 2. The van der Waals surface area contributed by atoms with Gasteiger partial charge < -0.3 is 29.2 Å². The average molecular weight is 827 g/mol. The van der Waals surface area contributed by atoms with E-state index in [0.717, 1.165) is 96.6 Å². The summed E-state index contributed by atoms with van der Waals surface area (Å²) in [6.45, 7) is 11.6. The number of unbranched alkanes of at least 4 members (excludes halogenated alkanes) is 2. The van der Waals surface area contributed by atoms with E-state index in [2.05, 4.69) is 100 Å². The zero-order valence-electron chi connectivity index (χ0n) is 35.2. The third kappa shape index (κ3) is 10.7. The summed E-state index contributed by atoms with van der Waals surface area (Å²) in [5, 5.41) is 24.3. The average Bonchev–Trinajstić information content (AvgIpc) is 3.46. The van der Waals surface area contributed by atoms with Gasteiger partial charge in [-0.15, -0.1) is 23.5 Å². The fraction of sp³-hybridized carbons (Fsp3) is 0.520. The number of benzene rings is 4. The highest BCUT2D eigenvalue weighted by molar-refractivity contribution is 7.99. The highest BCUT2D eigenvalue weighted by Gasteiger charge is 2.46. The highest BCUT2D eigenvalue weighted by atomic mass is 32.2. The van der Waals surface area contributed by atoms with Crippen molar-refractivity contribution >= 4 is 23.5 Å². The van der Waals surface area contributed by atoms with E-state index in [0.29, 0.717) is 39.6 Å². The first-order valence-electron chi connectivity index (χ1n) is 21.8. The van der Waals surface area contributed by atoms with Crippen molar-refractivity contribution in [2.75, 3.05) is 51.1 Å². The van der Waals surface area contributed by atoms with Crippen LogP contribution in [0.1, 0.15) is 113 Å². The minimum Gasteiger partial charge on any atom is -0.491 e. The van der Waals surface area contributed by atoms with Crippen molar-refractivity contribution in [1.82, 2.24) is 0 Å². The van der Waals surface area contributed by atoms with Crippen LogP contribution in [0.25, 0.3) is 0 Å². The van der Waals surface area contributed by atoms with E-state index in [4.69, 9.17) is 18.9 Å². The van der Waals surface area contributed by atoms with Crippen molar-refractivity contribution < 1.29 is 29.2 Å². The molecule has 2 aliphatic heterocycles. The largest absolute Gasteiger partial charge is 0.491 e. The van der Waals surface area contributed by atoms with Crippen LogP contribution in [-0.4, -0.2) is 73.6 Å². The minimum atomic E-state index is -0.483. The summed E-state index contributed by atoms with van der Waals surface area (Å²) in [7, 11) is 0. The van der Waals surface area contributed by atoms with Crippen molar-refractivity contribution in [3.05, 3.63) is 119 Å². The predicted octanol–water partition coefficient (Wildman–Crippen LogP) is 11.5. The van der Waals surface area contributed by atoms with Crippen molar-refractivity contribution in [1.29, 1.82) is 0 Å². The molecule has 0 fully saturated rings. The number of fused-ring (bicyclic) bond motifs is 2. The maximum atomic E-state index is 12.1. The van der Waals surface area contributed by atoms with Gasteiger partial charge in [-0.3, -0.25) is 0 Å². The van der Waals surface area contributed by atoms with Crippen LogP contribution < -0.4 is 9.47 Å². The SMILES string of the molecule is CCCC[C@@]1(CC)CSc2ccc(OCCOCCOCCOc3ccc4c(c3)[C@H](c3ccccc3)[C@H](O)[C@](CC)(CCCC)CS4)cc2[C@@H](c2ccccc2)[C@H]1O. The first kappa shape index (κ1) is 44.6. The molecular formula is C50H66O6S2. The van der Waals surface area contributed by atoms with Gasteiger partial charge in [0, 0.05) is 44.0 Å². The van der Waals surface area contributed by atoms with Crippen molar-refractivity contribution in [3.8, 4) is 11.5 Å². The Labute approximate surface area is 356 Å². The van der Waals surface area contributed by atoms with E-state index >= 15 is 0 Å². The Morgan fingerprint density at radius 1 is 0.534 bits per heavy atom. The molecule has 0 radical (unpaired) electrons. The third-order valence-corrected chi connectivity index (χ3v) is 15.5. The van der Waals surface area contributed by atoms with E-state index in [1.165, 1.54) is 9.79 Å². The van der Waals surface area contributed by atoms with Gasteiger partial charge in [-0.25, -0.2) is 0 Å². The molecule has 4 aromatic carbocycles.